The molecule has 7 nitrogen and oxygen atoms in total. The summed E-state index contributed by atoms with van der Waals surface area (Å²) in [6.45, 7) is 10.8. The number of nitrogens with one attached hydrogen (secondary N) is 2. The van der Waals surface area contributed by atoms with Crippen molar-refractivity contribution in [1.82, 2.24) is 10.5 Å². The van der Waals surface area contributed by atoms with Crippen molar-refractivity contribution in [1.29, 1.82) is 0 Å². The minimum atomic E-state index is 0. The molecule has 0 bridgehead atoms. The zero-order chi connectivity index (χ0) is 20.4. The topological polar surface area (TPSA) is 80.9 Å². The van der Waals surface area contributed by atoms with Gasteiger partial charge in [-0.15, -0.1) is 24.0 Å². The summed E-state index contributed by atoms with van der Waals surface area (Å²) in [6, 6.07) is 7.87. The molecule has 2 rings (SSSR count). The van der Waals surface area contributed by atoms with Crippen molar-refractivity contribution in [2.24, 2.45) is 4.99 Å². The summed E-state index contributed by atoms with van der Waals surface area (Å²) in [7, 11) is 1.69. The van der Waals surface area contributed by atoms with Gasteiger partial charge in [0, 0.05) is 56.5 Å². The van der Waals surface area contributed by atoms with Gasteiger partial charge in [-0.2, -0.15) is 0 Å². The zero-order valence-corrected chi connectivity index (χ0v) is 20.3. The first-order valence-corrected chi connectivity index (χ1v) is 9.75. The van der Waals surface area contributed by atoms with E-state index in [1.54, 1.807) is 7.11 Å². The van der Waals surface area contributed by atoms with Gasteiger partial charge in [-0.05, 0) is 32.9 Å². The van der Waals surface area contributed by atoms with E-state index in [1.807, 2.05) is 45.0 Å². The van der Waals surface area contributed by atoms with Crippen LogP contribution in [0.1, 0.15) is 43.2 Å². The number of anilines is 1. The highest BCUT2D eigenvalue weighted by Crippen LogP contribution is 2.23. The predicted octanol–water partition coefficient (Wildman–Crippen LogP) is 4.51. The molecule has 1 atom stereocenters. The number of aliphatic imine (C=N–C) groups is 1. The average Bonchev–Trinajstić information content (AvgIpc) is 3.02. The number of aromatic nitrogens is 1. The van der Waals surface area contributed by atoms with Gasteiger partial charge in [-0.1, -0.05) is 18.1 Å². The number of halogens is 1. The van der Waals surface area contributed by atoms with Crippen LogP contribution in [0.2, 0.25) is 0 Å². The molecule has 0 saturated heterocycles. The number of hydrogen-bond acceptors (Lipinski definition) is 5. The molecule has 0 amide bonds. The number of benzene rings is 1. The summed E-state index contributed by atoms with van der Waals surface area (Å²) in [5, 5.41) is 10.7. The lowest BCUT2D eigenvalue weighted by Gasteiger charge is -2.14. The lowest BCUT2D eigenvalue weighted by molar-refractivity contribution is 0.172. The Labute approximate surface area is 190 Å². The second kappa shape index (κ2) is 13.4. The third-order valence-electron chi connectivity index (χ3n) is 4.31. The molecule has 0 aliphatic heterocycles. The molecule has 0 saturated carbocycles. The van der Waals surface area contributed by atoms with Gasteiger partial charge in [0.15, 0.2) is 5.96 Å². The molecule has 162 valence electrons. The van der Waals surface area contributed by atoms with Crippen LogP contribution in [0.25, 0.3) is 0 Å². The van der Waals surface area contributed by atoms with Crippen LogP contribution >= 0.6 is 24.0 Å². The third-order valence-corrected chi connectivity index (χ3v) is 4.31. The van der Waals surface area contributed by atoms with Crippen LogP contribution in [-0.2, 0) is 4.74 Å². The fourth-order valence-corrected chi connectivity index (χ4v) is 3.01. The van der Waals surface area contributed by atoms with Gasteiger partial charge in [-0.3, -0.25) is 4.99 Å². The molecule has 1 aromatic heterocycles. The molecule has 29 heavy (non-hydrogen) atoms. The quantitative estimate of drug-likeness (QED) is 0.210. The van der Waals surface area contributed by atoms with Crippen LogP contribution in [0, 0.1) is 13.8 Å². The molecule has 1 aromatic carbocycles. The monoisotopic (exact) mass is 516 g/mol. The number of hydrogen-bond donors (Lipinski definition) is 2. The summed E-state index contributed by atoms with van der Waals surface area (Å²) >= 11 is 0. The van der Waals surface area contributed by atoms with E-state index in [4.69, 9.17) is 19.0 Å². The largest absolute Gasteiger partial charge is 0.493 e. The number of rotatable bonds is 10. The minimum Gasteiger partial charge on any atom is -0.493 e. The minimum absolute atomic E-state index is 0. The fourth-order valence-electron chi connectivity index (χ4n) is 3.01. The van der Waals surface area contributed by atoms with Crippen LogP contribution in [-0.4, -0.2) is 44.5 Å². The van der Waals surface area contributed by atoms with E-state index in [0.717, 1.165) is 47.4 Å². The van der Waals surface area contributed by atoms with Crippen molar-refractivity contribution in [3.8, 4) is 5.75 Å². The van der Waals surface area contributed by atoms with Gasteiger partial charge < -0.3 is 24.6 Å². The Morgan fingerprint density at radius 1 is 1.28 bits per heavy atom. The molecule has 1 heterocycles. The van der Waals surface area contributed by atoms with Crippen molar-refractivity contribution < 1.29 is 14.0 Å². The van der Waals surface area contributed by atoms with Gasteiger partial charge in [0.05, 0.1) is 12.3 Å². The Morgan fingerprint density at radius 2 is 2.07 bits per heavy atom. The first-order chi connectivity index (χ1) is 13.5. The van der Waals surface area contributed by atoms with E-state index in [1.165, 1.54) is 0 Å². The summed E-state index contributed by atoms with van der Waals surface area (Å²) in [6.07, 6.45) is 0.859. The van der Waals surface area contributed by atoms with Crippen molar-refractivity contribution in [2.45, 2.75) is 40.0 Å². The van der Waals surface area contributed by atoms with Crippen molar-refractivity contribution in [2.75, 3.05) is 38.7 Å². The summed E-state index contributed by atoms with van der Waals surface area (Å²) in [5.74, 6) is 2.63. The maximum Gasteiger partial charge on any atom is 0.195 e. The fraction of sp³-hybridized carbons (Fsp3) is 0.524. The Morgan fingerprint density at radius 3 is 2.72 bits per heavy atom. The van der Waals surface area contributed by atoms with E-state index in [2.05, 4.69) is 22.7 Å². The van der Waals surface area contributed by atoms with Crippen LogP contribution in [0.3, 0.4) is 0 Å². The summed E-state index contributed by atoms with van der Waals surface area (Å²) in [5.41, 5.74) is 2.98. The van der Waals surface area contributed by atoms with Crippen LogP contribution in [0.15, 0.2) is 33.8 Å². The Bertz CT molecular complexity index is 745. The number of nitrogens with zero attached hydrogens (tertiary/aromatic N) is 2. The van der Waals surface area contributed by atoms with E-state index in [-0.39, 0.29) is 29.9 Å². The molecule has 0 spiro atoms. The molecule has 0 fully saturated rings. The maximum absolute atomic E-state index is 5.77. The van der Waals surface area contributed by atoms with Crippen molar-refractivity contribution >= 4 is 35.6 Å². The molecule has 2 N–H and O–H groups in total. The maximum atomic E-state index is 5.77. The van der Waals surface area contributed by atoms with Gasteiger partial charge in [-0.25, -0.2) is 0 Å². The van der Waals surface area contributed by atoms with Crippen LogP contribution in [0.5, 0.6) is 5.75 Å². The van der Waals surface area contributed by atoms with E-state index < -0.39 is 0 Å². The van der Waals surface area contributed by atoms with Crippen molar-refractivity contribution in [3.63, 3.8) is 0 Å². The number of guanidine groups is 1. The van der Waals surface area contributed by atoms with Gasteiger partial charge >= 0.3 is 0 Å². The average molecular weight is 516 g/mol. The van der Waals surface area contributed by atoms with E-state index >= 15 is 0 Å². The molecular weight excluding hydrogens is 483 g/mol. The SMILES string of the molecule is CCNC(=NCC(C)c1c(C)noc1C)Nc1cccc(OCCCOC)c1.I. The number of ether oxygens (including phenoxy) is 2. The molecule has 2 aromatic rings. The standard InChI is InChI=1S/C21H32N4O3.HI/c1-6-22-21(23-14-15(2)20-16(3)25-28-17(20)4)24-18-9-7-10-19(13-18)27-12-8-11-26-5;/h7,9-10,13,15H,6,8,11-12,14H2,1-5H3,(H2,22,23,24);1H. The normalized spacial score (nSPS) is 12.2. The molecule has 8 heteroatoms. The van der Waals surface area contributed by atoms with Gasteiger partial charge in [0.2, 0.25) is 0 Å². The highest BCUT2D eigenvalue weighted by Gasteiger charge is 2.16. The molecule has 0 radical (unpaired) electrons. The Hall–Kier alpha value is -1.81. The predicted molar refractivity (Wildman–Crippen MR) is 128 cm³/mol. The lowest BCUT2D eigenvalue weighted by atomic mass is 10.00. The molecule has 0 aliphatic rings. The Kier molecular flexibility index (Phi) is 11.7. The summed E-state index contributed by atoms with van der Waals surface area (Å²) < 4.78 is 16.1. The van der Waals surface area contributed by atoms with E-state index in [0.29, 0.717) is 19.8 Å². The van der Waals surface area contributed by atoms with Crippen LogP contribution in [0.4, 0.5) is 5.69 Å². The molecule has 0 aliphatic carbocycles. The third kappa shape index (κ3) is 8.22. The second-order valence-electron chi connectivity index (χ2n) is 6.71. The molecule has 1 unspecified atom stereocenters. The van der Waals surface area contributed by atoms with Gasteiger partial charge in [0.1, 0.15) is 11.5 Å². The van der Waals surface area contributed by atoms with Gasteiger partial charge in [0.25, 0.3) is 0 Å². The smallest absolute Gasteiger partial charge is 0.195 e. The van der Waals surface area contributed by atoms with E-state index in [9.17, 15) is 0 Å². The van der Waals surface area contributed by atoms with Crippen LogP contribution < -0.4 is 15.4 Å². The summed E-state index contributed by atoms with van der Waals surface area (Å²) in [4.78, 5) is 4.73. The Balaban J connectivity index is 0.00000420. The number of methoxy groups -OCH3 is 1. The second-order valence-corrected chi connectivity index (χ2v) is 6.71. The first kappa shape index (κ1) is 25.2. The number of aryl methyl sites for hydroxylation is 2. The van der Waals surface area contributed by atoms with Crippen molar-refractivity contribution in [3.05, 3.63) is 41.3 Å². The highest BCUT2D eigenvalue weighted by atomic mass is 127. The zero-order valence-electron chi connectivity index (χ0n) is 17.9. The first-order valence-electron chi connectivity index (χ1n) is 9.75. The lowest BCUT2D eigenvalue weighted by Crippen LogP contribution is -2.31. The molecular formula is C21H33IN4O3. The highest BCUT2D eigenvalue weighted by molar-refractivity contribution is 14.0.